The maximum absolute atomic E-state index is 12.6. The molecule has 1 aliphatic heterocycles. The quantitative estimate of drug-likeness (QED) is 0.790. The molecule has 1 aliphatic carbocycles. The van der Waals surface area contributed by atoms with E-state index >= 15 is 0 Å². The van der Waals surface area contributed by atoms with Crippen LogP contribution in [-0.4, -0.2) is 29.2 Å². The maximum atomic E-state index is 12.6. The Morgan fingerprint density at radius 1 is 1.24 bits per heavy atom. The van der Waals surface area contributed by atoms with Crippen molar-refractivity contribution < 1.29 is 9.90 Å². The van der Waals surface area contributed by atoms with Crippen molar-refractivity contribution in [2.75, 3.05) is 6.61 Å². The van der Waals surface area contributed by atoms with Crippen molar-refractivity contribution in [2.45, 2.75) is 56.7 Å². The summed E-state index contributed by atoms with van der Waals surface area (Å²) in [4.78, 5) is 12.6. The molecule has 4 nitrogen and oxygen atoms in total. The fourth-order valence-corrected chi connectivity index (χ4v) is 3.54. The first-order chi connectivity index (χ1) is 10.2. The van der Waals surface area contributed by atoms with E-state index in [9.17, 15) is 9.90 Å². The van der Waals surface area contributed by atoms with Crippen LogP contribution in [0, 0.1) is 0 Å². The molecule has 0 radical (unpaired) electrons. The Kier molecular flexibility index (Phi) is 4.27. The van der Waals surface area contributed by atoms with Gasteiger partial charge in [0.15, 0.2) is 0 Å². The number of amides is 1. The fraction of sp³-hybridized carbons (Fsp3) is 0.588. The van der Waals surface area contributed by atoms with E-state index in [0.29, 0.717) is 0 Å². The van der Waals surface area contributed by atoms with Crippen LogP contribution in [0.15, 0.2) is 24.3 Å². The van der Waals surface area contributed by atoms with Crippen LogP contribution in [0.2, 0.25) is 0 Å². The second-order valence-electron chi connectivity index (χ2n) is 6.39. The molecule has 0 aromatic heterocycles. The molecule has 1 unspecified atom stereocenters. The summed E-state index contributed by atoms with van der Waals surface area (Å²) in [6.07, 6.45) is 5.87. The third kappa shape index (κ3) is 3.11. The van der Waals surface area contributed by atoms with Crippen molar-refractivity contribution in [1.82, 2.24) is 10.6 Å². The molecule has 1 amide bonds. The van der Waals surface area contributed by atoms with Crippen LogP contribution >= 0.6 is 0 Å². The van der Waals surface area contributed by atoms with Gasteiger partial charge in [0, 0.05) is 6.54 Å². The molecule has 114 valence electrons. The monoisotopic (exact) mass is 288 g/mol. The summed E-state index contributed by atoms with van der Waals surface area (Å²) in [6.45, 7) is 0.780. The number of aliphatic hydroxyl groups is 1. The molecule has 1 saturated carbocycles. The van der Waals surface area contributed by atoms with E-state index in [1.54, 1.807) is 0 Å². The summed E-state index contributed by atoms with van der Waals surface area (Å²) >= 11 is 0. The van der Waals surface area contributed by atoms with Gasteiger partial charge >= 0.3 is 0 Å². The van der Waals surface area contributed by atoms with Crippen molar-refractivity contribution in [3.05, 3.63) is 35.4 Å². The van der Waals surface area contributed by atoms with E-state index in [1.807, 2.05) is 12.1 Å². The third-order valence-corrected chi connectivity index (χ3v) is 4.90. The Labute approximate surface area is 125 Å². The molecule has 2 aliphatic rings. The number of hydrogen-bond acceptors (Lipinski definition) is 3. The van der Waals surface area contributed by atoms with Crippen LogP contribution in [0.1, 0.15) is 43.2 Å². The van der Waals surface area contributed by atoms with Crippen LogP contribution in [0.4, 0.5) is 0 Å². The molecular weight excluding hydrogens is 264 g/mol. The molecule has 1 atom stereocenters. The van der Waals surface area contributed by atoms with Crippen LogP contribution in [0.25, 0.3) is 0 Å². The predicted octanol–water partition coefficient (Wildman–Crippen LogP) is 1.51. The molecule has 0 bridgehead atoms. The summed E-state index contributed by atoms with van der Waals surface area (Å²) in [5.41, 5.74) is 2.13. The molecule has 1 aromatic rings. The molecular formula is C17H24N2O2. The van der Waals surface area contributed by atoms with E-state index in [-0.39, 0.29) is 18.6 Å². The molecule has 0 spiro atoms. The van der Waals surface area contributed by atoms with E-state index in [4.69, 9.17) is 0 Å². The van der Waals surface area contributed by atoms with Gasteiger partial charge < -0.3 is 15.7 Å². The molecule has 4 heteroatoms. The molecule has 3 rings (SSSR count). The van der Waals surface area contributed by atoms with Crippen LogP contribution in [0.5, 0.6) is 0 Å². The van der Waals surface area contributed by atoms with Gasteiger partial charge in [-0.15, -0.1) is 0 Å². The first kappa shape index (κ1) is 14.5. The highest BCUT2D eigenvalue weighted by atomic mass is 16.3. The minimum absolute atomic E-state index is 0.0282. The van der Waals surface area contributed by atoms with Crippen molar-refractivity contribution in [1.29, 1.82) is 0 Å². The van der Waals surface area contributed by atoms with Crippen molar-refractivity contribution >= 4 is 5.91 Å². The van der Waals surface area contributed by atoms with Crippen LogP contribution in [0.3, 0.4) is 0 Å². The standard InChI is InChI=1S/C17H24N2O2/c20-12-17(8-4-1-5-9-17)19-16(21)15-10-13-6-2-3-7-14(13)11-18-15/h2-3,6-7,15,18,20H,1,4-5,8-12H2,(H,19,21). The van der Waals surface area contributed by atoms with E-state index in [0.717, 1.165) is 38.6 Å². The average Bonchev–Trinajstić information content (AvgIpc) is 2.55. The molecule has 21 heavy (non-hydrogen) atoms. The van der Waals surface area contributed by atoms with Gasteiger partial charge in [-0.05, 0) is 30.4 Å². The summed E-state index contributed by atoms with van der Waals surface area (Å²) in [5.74, 6) is 0.0282. The topological polar surface area (TPSA) is 61.4 Å². The molecule has 1 aromatic carbocycles. The highest BCUT2D eigenvalue weighted by Gasteiger charge is 2.35. The first-order valence-corrected chi connectivity index (χ1v) is 7.95. The van der Waals surface area contributed by atoms with Crippen LogP contribution in [-0.2, 0) is 17.8 Å². The van der Waals surface area contributed by atoms with Crippen molar-refractivity contribution in [3.63, 3.8) is 0 Å². The Bertz CT molecular complexity index is 509. The number of benzene rings is 1. The highest BCUT2D eigenvalue weighted by molar-refractivity contribution is 5.83. The van der Waals surface area contributed by atoms with Crippen LogP contribution < -0.4 is 10.6 Å². The average molecular weight is 288 g/mol. The third-order valence-electron chi connectivity index (χ3n) is 4.90. The van der Waals surface area contributed by atoms with E-state index in [1.165, 1.54) is 17.5 Å². The Morgan fingerprint density at radius 2 is 1.95 bits per heavy atom. The lowest BCUT2D eigenvalue weighted by Gasteiger charge is -2.38. The Hall–Kier alpha value is -1.39. The summed E-state index contributed by atoms with van der Waals surface area (Å²) in [6, 6.07) is 8.07. The zero-order valence-electron chi connectivity index (χ0n) is 12.4. The number of carbonyl (C=O) groups is 1. The molecule has 1 heterocycles. The van der Waals surface area contributed by atoms with Gasteiger partial charge in [0.2, 0.25) is 5.91 Å². The summed E-state index contributed by atoms with van der Waals surface area (Å²) in [5, 5.41) is 16.2. The number of nitrogens with one attached hydrogen (secondary N) is 2. The number of aliphatic hydroxyl groups excluding tert-OH is 1. The lowest BCUT2D eigenvalue weighted by atomic mass is 9.82. The second kappa shape index (κ2) is 6.16. The Balaban J connectivity index is 1.66. The van der Waals surface area contributed by atoms with Gasteiger partial charge in [0.1, 0.15) is 0 Å². The summed E-state index contributed by atoms with van der Waals surface area (Å²) in [7, 11) is 0. The number of fused-ring (bicyclic) bond motifs is 1. The Morgan fingerprint density at radius 3 is 2.67 bits per heavy atom. The van der Waals surface area contributed by atoms with E-state index < -0.39 is 5.54 Å². The van der Waals surface area contributed by atoms with Gasteiger partial charge in [0.05, 0.1) is 18.2 Å². The minimum Gasteiger partial charge on any atom is -0.394 e. The lowest BCUT2D eigenvalue weighted by molar-refractivity contribution is -0.126. The maximum Gasteiger partial charge on any atom is 0.237 e. The predicted molar refractivity (Wildman–Crippen MR) is 81.8 cm³/mol. The highest BCUT2D eigenvalue weighted by Crippen LogP contribution is 2.28. The van der Waals surface area contributed by atoms with E-state index in [2.05, 4.69) is 22.8 Å². The first-order valence-electron chi connectivity index (χ1n) is 7.95. The zero-order valence-corrected chi connectivity index (χ0v) is 12.4. The normalized spacial score (nSPS) is 24.1. The fourth-order valence-electron chi connectivity index (χ4n) is 3.54. The molecule has 1 fully saturated rings. The minimum atomic E-state index is -0.395. The lowest BCUT2D eigenvalue weighted by Crippen LogP contribution is -2.58. The van der Waals surface area contributed by atoms with Gasteiger partial charge in [-0.1, -0.05) is 43.5 Å². The molecule has 3 N–H and O–H groups in total. The smallest absolute Gasteiger partial charge is 0.237 e. The van der Waals surface area contributed by atoms with Crippen molar-refractivity contribution in [2.24, 2.45) is 0 Å². The van der Waals surface area contributed by atoms with Gasteiger partial charge in [-0.25, -0.2) is 0 Å². The van der Waals surface area contributed by atoms with Crippen molar-refractivity contribution in [3.8, 4) is 0 Å². The zero-order chi connectivity index (χ0) is 14.7. The summed E-state index contributed by atoms with van der Waals surface area (Å²) < 4.78 is 0. The number of rotatable bonds is 3. The number of carbonyl (C=O) groups excluding carboxylic acids is 1. The van der Waals surface area contributed by atoms with Gasteiger partial charge in [-0.2, -0.15) is 0 Å². The van der Waals surface area contributed by atoms with Gasteiger partial charge in [0.25, 0.3) is 0 Å². The number of hydrogen-bond donors (Lipinski definition) is 3. The SMILES string of the molecule is O=C(NC1(CO)CCCCC1)C1Cc2ccccc2CN1. The molecule has 0 saturated heterocycles. The largest absolute Gasteiger partial charge is 0.394 e. The van der Waals surface area contributed by atoms with Gasteiger partial charge in [-0.3, -0.25) is 4.79 Å². The second-order valence-corrected chi connectivity index (χ2v) is 6.39.